The molecule has 0 radical (unpaired) electrons. The molecule has 21 heteroatoms. The van der Waals surface area contributed by atoms with Crippen molar-refractivity contribution in [1.82, 2.24) is 24.0 Å². The predicted molar refractivity (Wildman–Crippen MR) is 280 cm³/mol. The van der Waals surface area contributed by atoms with Crippen molar-refractivity contribution >= 4 is 58.1 Å². The summed E-state index contributed by atoms with van der Waals surface area (Å²) in [5.41, 5.74) is 23.4. The lowest BCUT2D eigenvalue weighted by atomic mass is 9.93. The van der Waals surface area contributed by atoms with Gasteiger partial charge < -0.3 is 61.5 Å². The van der Waals surface area contributed by atoms with Crippen molar-refractivity contribution in [3.8, 4) is 12.1 Å². The zero-order chi connectivity index (χ0) is 53.9. The molecular weight excluding hydrogens is 947 g/mol. The number of nitrogens with two attached hydrogens (primary N) is 4. The lowest BCUT2D eigenvalue weighted by molar-refractivity contribution is 0.0184. The number of allylic oxidation sites excluding steroid dienone is 3. The highest BCUT2D eigenvalue weighted by molar-refractivity contribution is 7.80. The van der Waals surface area contributed by atoms with Crippen molar-refractivity contribution in [2.24, 2.45) is 35.0 Å². The van der Waals surface area contributed by atoms with E-state index in [-0.39, 0.29) is 42.1 Å². The minimum atomic E-state index is -0.465. The molecular formula is C50H83N11O8S2. The average Bonchev–Trinajstić information content (AvgIpc) is 3.71. The second-order valence-electron chi connectivity index (χ2n) is 22.1. The van der Waals surface area contributed by atoms with Gasteiger partial charge in [0.15, 0.2) is 0 Å². The van der Waals surface area contributed by atoms with Crippen LogP contribution >= 0.6 is 23.8 Å². The number of carbonyl (C=O) groups excluding carboxylic acids is 4. The standard InChI is InChI=1S/C13H21N3O2S.C13H23N3O2S.C13H21N3O2.C11H18N2O2/c1-13(2,3)18-12(17)16-6-4-9(5-7-16)10-8-11(14)19-15-10;1-13(2,3)18-12(17)16-6-4-9(5-7-16)10(14)8-11(15)19;1-13(2,3)18-12(17)16-8-5-10(6-9-16)11(15)4-7-14;1-11(2,3)15-10(14)13-6-4-9(8-12)5-7-13/h8-9H,4-7,14H2,1-3H3;8-9H,4-7,14H2,1-3H3,(H2,15,19);4,10H,5-6,8-9,15H2,1-3H3;9H,4-7H2,1-3H3/b;10-8-;11-4-;. The molecule has 0 unspecified atom stereocenters. The fourth-order valence-electron chi connectivity index (χ4n) is 7.62. The van der Waals surface area contributed by atoms with Crippen molar-refractivity contribution < 1.29 is 38.1 Å². The lowest BCUT2D eigenvalue weighted by Crippen LogP contribution is -2.42. The number of piperidine rings is 4. The molecule has 71 heavy (non-hydrogen) atoms. The van der Waals surface area contributed by atoms with Crippen LogP contribution in [0.1, 0.15) is 146 Å². The van der Waals surface area contributed by atoms with E-state index in [4.69, 9.17) is 64.6 Å². The van der Waals surface area contributed by atoms with Crippen LogP contribution < -0.4 is 22.9 Å². The van der Waals surface area contributed by atoms with Crippen LogP contribution in [0.15, 0.2) is 29.6 Å². The molecule has 5 heterocycles. The van der Waals surface area contributed by atoms with Gasteiger partial charge in [-0.15, -0.1) is 0 Å². The van der Waals surface area contributed by atoms with Crippen molar-refractivity contribution in [1.29, 1.82) is 10.5 Å². The topological polar surface area (TPSA) is 283 Å². The van der Waals surface area contributed by atoms with Gasteiger partial charge in [0.1, 0.15) is 27.4 Å². The molecule has 0 aliphatic carbocycles. The molecule has 398 valence electrons. The van der Waals surface area contributed by atoms with Gasteiger partial charge in [-0.2, -0.15) is 14.9 Å². The second-order valence-corrected chi connectivity index (χ2v) is 23.4. The minimum absolute atomic E-state index is 0.101. The summed E-state index contributed by atoms with van der Waals surface area (Å²) >= 11 is 6.14. The molecule has 0 spiro atoms. The van der Waals surface area contributed by atoms with E-state index in [0.29, 0.717) is 61.6 Å². The molecule has 4 amide bonds. The van der Waals surface area contributed by atoms with E-state index in [2.05, 4.69) is 10.4 Å². The van der Waals surface area contributed by atoms with Gasteiger partial charge in [-0.1, -0.05) is 12.2 Å². The van der Waals surface area contributed by atoms with Crippen LogP contribution in [0.5, 0.6) is 0 Å². The van der Waals surface area contributed by atoms with Crippen LogP contribution in [-0.2, 0) is 18.9 Å². The molecule has 5 rings (SSSR count). The van der Waals surface area contributed by atoms with Gasteiger partial charge in [-0.25, -0.2) is 19.2 Å². The molecule has 4 saturated heterocycles. The number of hydrogen-bond acceptors (Lipinski definition) is 16. The van der Waals surface area contributed by atoms with Crippen LogP contribution in [-0.4, -0.2) is 128 Å². The van der Waals surface area contributed by atoms with E-state index in [9.17, 15) is 19.2 Å². The molecule has 1 aromatic rings. The van der Waals surface area contributed by atoms with Crippen LogP contribution in [0.25, 0.3) is 0 Å². The fourth-order valence-corrected chi connectivity index (χ4v) is 8.34. The van der Waals surface area contributed by atoms with E-state index in [1.807, 2.05) is 95.2 Å². The molecule has 19 nitrogen and oxygen atoms in total. The number of thiocarbonyl (C=S) groups is 1. The molecule has 0 aromatic carbocycles. The number of amides is 4. The molecule has 0 bridgehead atoms. The first kappa shape index (κ1) is 61.6. The minimum Gasteiger partial charge on any atom is -0.444 e. The van der Waals surface area contributed by atoms with Gasteiger partial charge in [0, 0.05) is 93.5 Å². The fraction of sp³-hybridized carbons (Fsp3) is 0.720. The van der Waals surface area contributed by atoms with Crippen molar-refractivity contribution in [2.45, 2.75) is 163 Å². The Bertz CT molecular complexity index is 2040. The summed E-state index contributed by atoms with van der Waals surface area (Å²) in [4.78, 5) is 54.4. The Kier molecular flexibility index (Phi) is 24.2. The zero-order valence-electron chi connectivity index (χ0n) is 44.4. The van der Waals surface area contributed by atoms with Gasteiger partial charge in [-0.05, 0) is 158 Å². The number of hydrogen-bond donors (Lipinski definition) is 4. The number of rotatable bonds is 4. The number of nitrogens with zero attached hydrogens (tertiary/aromatic N) is 7. The van der Waals surface area contributed by atoms with Gasteiger partial charge >= 0.3 is 24.4 Å². The number of ether oxygens (including phenoxy) is 4. The summed E-state index contributed by atoms with van der Waals surface area (Å²) < 4.78 is 25.6. The van der Waals surface area contributed by atoms with Gasteiger partial charge in [0.05, 0.1) is 22.8 Å². The van der Waals surface area contributed by atoms with Gasteiger partial charge in [-0.3, -0.25) is 0 Å². The van der Waals surface area contributed by atoms with Crippen LogP contribution in [0.2, 0.25) is 0 Å². The van der Waals surface area contributed by atoms with E-state index in [1.54, 1.807) is 25.7 Å². The number of anilines is 1. The first-order valence-corrected chi connectivity index (χ1v) is 25.6. The van der Waals surface area contributed by atoms with Gasteiger partial charge in [0.25, 0.3) is 0 Å². The molecule has 4 aliphatic rings. The number of nitriles is 2. The third-order valence-electron chi connectivity index (χ3n) is 11.2. The number of aromatic nitrogens is 1. The number of nitrogen functional groups attached to an aromatic ring is 1. The van der Waals surface area contributed by atoms with Crippen LogP contribution in [0.4, 0.5) is 24.2 Å². The first-order chi connectivity index (χ1) is 32.8. The molecule has 8 N–H and O–H groups in total. The Hall–Kier alpha value is -5.54. The third-order valence-corrected chi connectivity index (χ3v) is 12.0. The number of likely N-dealkylation sites (tertiary alicyclic amines) is 4. The van der Waals surface area contributed by atoms with Crippen molar-refractivity contribution in [3.05, 3.63) is 35.3 Å². The molecule has 4 aliphatic heterocycles. The summed E-state index contributed by atoms with van der Waals surface area (Å²) in [6.45, 7) is 27.6. The maximum absolute atomic E-state index is 11.9. The van der Waals surface area contributed by atoms with Crippen molar-refractivity contribution in [3.63, 3.8) is 0 Å². The normalized spacial score (nSPS) is 18.1. The Morgan fingerprint density at radius 2 is 0.930 bits per heavy atom. The van der Waals surface area contributed by atoms with E-state index in [1.165, 1.54) is 17.6 Å². The molecule has 0 saturated carbocycles. The quantitative estimate of drug-likeness (QED) is 0.0949. The number of carbonyl (C=O) groups is 4. The summed E-state index contributed by atoms with van der Waals surface area (Å²) in [7, 11) is 0. The summed E-state index contributed by atoms with van der Waals surface area (Å²) in [6.07, 6.45) is 8.53. The zero-order valence-corrected chi connectivity index (χ0v) is 46.0. The average molecular weight is 1030 g/mol. The Labute approximate surface area is 432 Å². The third kappa shape index (κ3) is 24.9. The highest BCUT2D eigenvalue weighted by Gasteiger charge is 2.31. The predicted octanol–water partition coefficient (Wildman–Crippen LogP) is 8.76. The SMILES string of the molecule is CC(C)(C)OC(=O)N1CCC(/C(N)=C/C#N)CC1.CC(C)(C)OC(=O)N1CCC(/C(N)=C/C(N)=S)CC1.CC(C)(C)OC(=O)N1CCC(C#N)CC1.CC(C)(C)OC(=O)N1CCC(c2cc(N)sn2)CC1. The Morgan fingerprint density at radius 1 is 0.606 bits per heavy atom. The van der Waals surface area contributed by atoms with E-state index < -0.39 is 22.4 Å². The maximum Gasteiger partial charge on any atom is 0.410 e. The van der Waals surface area contributed by atoms with Crippen LogP contribution in [0.3, 0.4) is 0 Å². The first-order valence-electron chi connectivity index (χ1n) is 24.4. The maximum atomic E-state index is 11.9. The van der Waals surface area contributed by atoms with Crippen molar-refractivity contribution in [2.75, 3.05) is 58.1 Å². The monoisotopic (exact) mass is 1030 g/mol. The second kappa shape index (κ2) is 27.9. The highest BCUT2D eigenvalue weighted by Crippen LogP contribution is 2.31. The summed E-state index contributed by atoms with van der Waals surface area (Å²) in [6, 6.07) is 6.11. The Morgan fingerprint density at radius 3 is 1.21 bits per heavy atom. The summed E-state index contributed by atoms with van der Waals surface area (Å²) in [5.74, 6) is 0.944. The van der Waals surface area contributed by atoms with Gasteiger partial charge in [0.2, 0.25) is 0 Å². The highest BCUT2D eigenvalue weighted by atomic mass is 32.1. The Balaban J connectivity index is 0.000000326. The van der Waals surface area contributed by atoms with E-state index in [0.717, 1.165) is 75.2 Å². The molecule has 4 fully saturated rings. The smallest absolute Gasteiger partial charge is 0.410 e. The largest absolute Gasteiger partial charge is 0.444 e. The molecule has 1 aromatic heterocycles. The van der Waals surface area contributed by atoms with Crippen LogP contribution in [0, 0.1) is 40.4 Å². The summed E-state index contributed by atoms with van der Waals surface area (Å²) in [5, 5.41) is 18.0. The molecule has 0 atom stereocenters. The lowest BCUT2D eigenvalue weighted by Gasteiger charge is -2.33. The van der Waals surface area contributed by atoms with E-state index >= 15 is 0 Å².